The first kappa shape index (κ1) is 20.0. The third kappa shape index (κ3) is 8.01. The van der Waals surface area contributed by atoms with Crippen LogP contribution in [0.2, 0.25) is 0 Å². The highest BCUT2D eigenvalue weighted by molar-refractivity contribution is 5.81. The number of hydrogen-bond acceptors (Lipinski definition) is 4. The van der Waals surface area contributed by atoms with E-state index in [1.54, 1.807) is 6.92 Å². The van der Waals surface area contributed by atoms with Gasteiger partial charge in [-0.2, -0.15) is 0 Å². The first-order valence-corrected chi connectivity index (χ1v) is 7.78. The van der Waals surface area contributed by atoms with Gasteiger partial charge in [0.05, 0.1) is 0 Å². The Morgan fingerprint density at radius 1 is 1.12 bits per heavy atom. The molecule has 0 saturated heterocycles. The second-order valence-electron chi connectivity index (χ2n) is 5.86. The molecular weight excluding hydrogens is 320 g/mol. The molecule has 0 spiro atoms. The Balaban J connectivity index is 2.28. The second kappa shape index (κ2) is 9.97. The van der Waals surface area contributed by atoms with Crippen LogP contribution in [0.25, 0.3) is 0 Å². The third-order valence-corrected chi connectivity index (χ3v) is 3.15. The summed E-state index contributed by atoms with van der Waals surface area (Å²) in [5.41, 5.74) is 0.276. The number of amides is 1. The number of benzene rings is 1. The summed E-state index contributed by atoms with van der Waals surface area (Å²) in [5, 5.41) is 2.42. The Morgan fingerprint density at radius 3 is 2.33 bits per heavy atom. The van der Waals surface area contributed by atoms with Gasteiger partial charge in [-0.25, -0.2) is 13.6 Å². The van der Waals surface area contributed by atoms with E-state index in [1.807, 2.05) is 13.8 Å². The molecule has 7 heteroatoms. The molecule has 0 aliphatic rings. The lowest BCUT2D eigenvalue weighted by Gasteiger charge is -2.13. The number of rotatable bonds is 9. The molecule has 24 heavy (non-hydrogen) atoms. The Morgan fingerprint density at radius 2 is 1.75 bits per heavy atom. The summed E-state index contributed by atoms with van der Waals surface area (Å²) in [7, 11) is 0. The fraction of sp³-hybridized carbons (Fsp3) is 0.529. The van der Waals surface area contributed by atoms with Crippen LogP contribution in [0.5, 0.6) is 0 Å². The summed E-state index contributed by atoms with van der Waals surface area (Å²) < 4.78 is 36.2. The summed E-state index contributed by atoms with van der Waals surface area (Å²) in [6.45, 7) is 5.53. The van der Waals surface area contributed by atoms with Gasteiger partial charge in [0.2, 0.25) is 0 Å². The Kier molecular flexibility index (Phi) is 8.32. The van der Waals surface area contributed by atoms with E-state index in [0.717, 1.165) is 24.6 Å². The Bertz CT molecular complexity index is 543. The fourth-order valence-electron chi connectivity index (χ4n) is 1.77. The molecule has 0 radical (unpaired) electrons. The largest absolute Gasteiger partial charge is 0.454 e. The van der Waals surface area contributed by atoms with E-state index >= 15 is 0 Å². The van der Waals surface area contributed by atoms with Gasteiger partial charge in [-0.15, -0.1) is 0 Å². The van der Waals surface area contributed by atoms with Gasteiger partial charge in [0.15, 0.2) is 12.7 Å². The molecule has 134 valence electrons. The predicted octanol–water partition coefficient (Wildman–Crippen LogP) is 2.58. The molecule has 0 bridgehead atoms. The van der Waals surface area contributed by atoms with E-state index in [0.29, 0.717) is 12.5 Å². The smallest absolute Gasteiger partial charge is 0.335 e. The number of halogens is 2. The van der Waals surface area contributed by atoms with Gasteiger partial charge in [-0.05, 0) is 37.0 Å². The number of nitrogens with one attached hydrogen (secondary N) is 1. The summed E-state index contributed by atoms with van der Waals surface area (Å²) in [4.78, 5) is 23.3. The molecule has 0 aliphatic carbocycles. The maximum Gasteiger partial charge on any atom is 0.335 e. The third-order valence-electron chi connectivity index (χ3n) is 3.15. The summed E-state index contributed by atoms with van der Waals surface area (Å²) in [6, 6.07) is 2.97. The van der Waals surface area contributed by atoms with Crippen LogP contribution in [-0.2, 0) is 25.6 Å². The van der Waals surface area contributed by atoms with Crippen molar-refractivity contribution < 1.29 is 27.8 Å². The predicted molar refractivity (Wildman–Crippen MR) is 84.0 cm³/mol. The Labute approximate surface area is 140 Å². The number of carbonyl (C=O) groups excluding carboxylic acids is 2. The molecule has 0 saturated carbocycles. The van der Waals surface area contributed by atoms with E-state index in [-0.39, 0.29) is 12.1 Å². The van der Waals surface area contributed by atoms with Crippen molar-refractivity contribution in [1.82, 2.24) is 5.32 Å². The van der Waals surface area contributed by atoms with E-state index in [9.17, 15) is 18.4 Å². The number of hydrogen-bond donors (Lipinski definition) is 1. The SMILES string of the molecule is CC(C)CCOC(C)C(=O)OCC(=O)NCc1cc(F)cc(F)c1. The zero-order valence-corrected chi connectivity index (χ0v) is 14.1. The number of esters is 1. The van der Waals surface area contributed by atoms with Gasteiger partial charge < -0.3 is 14.8 Å². The van der Waals surface area contributed by atoms with Gasteiger partial charge in [0.25, 0.3) is 5.91 Å². The molecule has 1 aromatic carbocycles. The molecule has 1 atom stereocenters. The van der Waals surface area contributed by atoms with Crippen molar-refractivity contribution in [2.45, 2.75) is 39.8 Å². The van der Waals surface area contributed by atoms with Crippen molar-refractivity contribution in [3.05, 3.63) is 35.4 Å². The molecular formula is C17H23F2NO4. The van der Waals surface area contributed by atoms with E-state index < -0.39 is 36.2 Å². The first-order valence-electron chi connectivity index (χ1n) is 7.78. The van der Waals surface area contributed by atoms with E-state index in [2.05, 4.69) is 5.32 Å². The molecule has 1 aromatic rings. The minimum absolute atomic E-state index is 0.0640. The van der Waals surface area contributed by atoms with Crippen LogP contribution in [0.4, 0.5) is 8.78 Å². The highest BCUT2D eigenvalue weighted by Gasteiger charge is 2.16. The molecule has 0 aliphatic heterocycles. The van der Waals surface area contributed by atoms with Crippen LogP contribution < -0.4 is 5.32 Å². The standard InChI is InChI=1S/C17H23F2NO4/c1-11(2)4-5-23-12(3)17(22)24-10-16(21)20-9-13-6-14(18)8-15(19)7-13/h6-8,11-12H,4-5,9-10H2,1-3H3,(H,20,21). The molecule has 1 unspecified atom stereocenters. The first-order chi connectivity index (χ1) is 11.3. The zero-order valence-electron chi connectivity index (χ0n) is 14.1. The van der Waals surface area contributed by atoms with Crippen molar-refractivity contribution in [1.29, 1.82) is 0 Å². The highest BCUT2D eigenvalue weighted by atomic mass is 19.1. The topological polar surface area (TPSA) is 64.6 Å². The van der Waals surface area contributed by atoms with Crippen molar-refractivity contribution in [3.8, 4) is 0 Å². The van der Waals surface area contributed by atoms with Crippen molar-refractivity contribution in [2.24, 2.45) is 5.92 Å². The minimum atomic E-state index is -0.756. The normalized spacial score (nSPS) is 12.1. The van der Waals surface area contributed by atoms with Crippen LogP contribution in [0.3, 0.4) is 0 Å². The van der Waals surface area contributed by atoms with Gasteiger partial charge >= 0.3 is 5.97 Å². The van der Waals surface area contributed by atoms with Gasteiger partial charge in [0.1, 0.15) is 11.6 Å². The van der Waals surface area contributed by atoms with Crippen LogP contribution in [-0.4, -0.2) is 31.2 Å². The van der Waals surface area contributed by atoms with Crippen molar-refractivity contribution >= 4 is 11.9 Å². The van der Waals surface area contributed by atoms with Crippen LogP contribution in [0.15, 0.2) is 18.2 Å². The lowest BCUT2D eigenvalue weighted by atomic mass is 10.1. The van der Waals surface area contributed by atoms with E-state index in [4.69, 9.17) is 9.47 Å². The quantitative estimate of drug-likeness (QED) is 0.700. The monoisotopic (exact) mass is 343 g/mol. The van der Waals surface area contributed by atoms with Gasteiger partial charge in [-0.3, -0.25) is 4.79 Å². The maximum atomic E-state index is 13.0. The van der Waals surface area contributed by atoms with Crippen LogP contribution in [0.1, 0.15) is 32.8 Å². The molecule has 5 nitrogen and oxygen atoms in total. The summed E-state index contributed by atoms with van der Waals surface area (Å²) in [5.74, 6) is -2.18. The lowest BCUT2D eigenvalue weighted by Crippen LogP contribution is -2.31. The van der Waals surface area contributed by atoms with Gasteiger partial charge in [-0.1, -0.05) is 13.8 Å². The molecule has 0 heterocycles. The van der Waals surface area contributed by atoms with Crippen molar-refractivity contribution in [3.63, 3.8) is 0 Å². The van der Waals surface area contributed by atoms with Crippen LogP contribution >= 0.6 is 0 Å². The zero-order chi connectivity index (χ0) is 18.1. The average Bonchev–Trinajstić information content (AvgIpc) is 2.49. The van der Waals surface area contributed by atoms with Gasteiger partial charge in [0, 0.05) is 19.2 Å². The Hall–Kier alpha value is -2.02. The van der Waals surface area contributed by atoms with Crippen molar-refractivity contribution in [2.75, 3.05) is 13.2 Å². The summed E-state index contributed by atoms with van der Waals surface area (Å²) >= 11 is 0. The minimum Gasteiger partial charge on any atom is -0.454 e. The number of carbonyl (C=O) groups is 2. The molecule has 1 rings (SSSR count). The molecule has 0 fully saturated rings. The highest BCUT2D eigenvalue weighted by Crippen LogP contribution is 2.07. The molecule has 1 N–H and O–H groups in total. The maximum absolute atomic E-state index is 13.0. The number of ether oxygens (including phenoxy) is 2. The van der Waals surface area contributed by atoms with E-state index in [1.165, 1.54) is 0 Å². The summed E-state index contributed by atoms with van der Waals surface area (Å²) in [6.07, 6.45) is 0.0660. The van der Waals surface area contributed by atoms with Crippen LogP contribution in [0, 0.1) is 17.6 Å². The molecule has 1 amide bonds. The fourth-order valence-corrected chi connectivity index (χ4v) is 1.77. The lowest BCUT2D eigenvalue weighted by molar-refractivity contribution is -0.159. The molecule has 0 aromatic heterocycles. The average molecular weight is 343 g/mol. The second-order valence-corrected chi connectivity index (χ2v) is 5.86.